The van der Waals surface area contributed by atoms with Gasteiger partial charge in [-0.3, -0.25) is 4.79 Å². The second kappa shape index (κ2) is 10.8. The molecule has 2 aliphatic rings. The summed E-state index contributed by atoms with van der Waals surface area (Å²) in [6, 6.07) is 6.67. The second-order valence-corrected chi connectivity index (χ2v) is 11.1. The number of phenolic OH excluding ortho intramolecular Hbond substituents is 1. The molecular formula is C29H40O5. The summed E-state index contributed by atoms with van der Waals surface area (Å²) in [4.78, 5) is 23.6. The van der Waals surface area contributed by atoms with Gasteiger partial charge in [-0.1, -0.05) is 51.5 Å². The molecule has 186 valence electrons. The van der Waals surface area contributed by atoms with Gasteiger partial charge in [-0.2, -0.15) is 0 Å². The Kier molecular flexibility index (Phi) is 8.27. The van der Waals surface area contributed by atoms with E-state index in [1.54, 1.807) is 30.3 Å². The van der Waals surface area contributed by atoms with Crippen LogP contribution in [-0.4, -0.2) is 28.8 Å². The summed E-state index contributed by atoms with van der Waals surface area (Å²) in [6.45, 7) is 11.5. The van der Waals surface area contributed by atoms with Gasteiger partial charge >= 0.3 is 11.9 Å². The maximum absolute atomic E-state index is 12.5. The topological polar surface area (TPSA) is 83.8 Å². The average Bonchev–Trinajstić information content (AvgIpc) is 2.76. The lowest BCUT2D eigenvalue weighted by molar-refractivity contribution is -0.149. The number of rotatable bonds is 9. The lowest BCUT2D eigenvalue weighted by Gasteiger charge is -2.58. The summed E-state index contributed by atoms with van der Waals surface area (Å²) in [7, 11) is 0. The van der Waals surface area contributed by atoms with E-state index in [0.29, 0.717) is 18.4 Å². The van der Waals surface area contributed by atoms with Crippen molar-refractivity contribution in [2.24, 2.45) is 28.6 Å². The van der Waals surface area contributed by atoms with Crippen LogP contribution in [0.15, 0.2) is 42.5 Å². The highest BCUT2D eigenvalue weighted by Gasteiger charge is 2.54. The number of carbonyl (C=O) groups is 2. The lowest BCUT2D eigenvalue weighted by atomic mass is 9.46. The molecule has 34 heavy (non-hydrogen) atoms. The van der Waals surface area contributed by atoms with Gasteiger partial charge in [0.15, 0.2) is 0 Å². The third kappa shape index (κ3) is 6.11. The largest absolute Gasteiger partial charge is 0.508 e. The summed E-state index contributed by atoms with van der Waals surface area (Å²) in [5.41, 5.74) is 2.15. The third-order valence-corrected chi connectivity index (χ3v) is 8.46. The predicted molar refractivity (Wildman–Crippen MR) is 134 cm³/mol. The summed E-state index contributed by atoms with van der Waals surface area (Å²) in [6.07, 6.45) is 10.6. The summed E-state index contributed by atoms with van der Waals surface area (Å²) >= 11 is 0. The average molecular weight is 469 g/mol. The normalized spacial score (nSPS) is 30.0. The number of fused-ring (bicyclic) bond motifs is 1. The lowest BCUT2D eigenvalue weighted by Crippen LogP contribution is -2.52. The number of aliphatic carboxylic acids is 1. The van der Waals surface area contributed by atoms with E-state index in [0.717, 1.165) is 50.5 Å². The number of allylic oxidation sites excluding steroid dienone is 1. The van der Waals surface area contributed by atoms with E-state index >= 15 is 0 Å². The zero-order valence-corrected chi connectivity index (χ0v) is 20.9. The minimum atomic E-state index is -0.731. The number of phenols is 1. The Bertz CT molecular complexity index is 917. The number of benzene rings is 1. The monoisotopic (exact) mass is 468 g/mol. The highest BCUT2D eigenvalue weighted by molar-refractivity contribution is 5.87. The minimum Gasteiger partial charge on any atom is -0.508 e. The molecule has 0 aromatic heterocycles. The smallest absolute Gasteiger partial charge is 0.330 e. The molecule has 1 aromatic rings. The van der Waals surface area contributed by atoms with Gasteiger partial charge in [0, 0.05) is 17.9 Å². The van der Waals surface area contributed by atoms with Gasteiger partial charge in [-0.25, -0.2) is 4.79 Å². The Morgan fingerprint density at radius 3 is 2.62 bits per heavy atom. The number of hydrogen-bond acceptors (Lipinski definition) is 4. The highest BCUT2D eigenvalue weighted by Crippen LogP contribution is 2.62. The van der Waals surface area contributed by atoms with Gasteiger partial charge < -0.3 is 14.9 Å². The van der Waals surface area contributed by atoms with Crippen LogP contribution < -0.4 is 0 Å². The molecule has 2 saturated carbocycles. The maximum Gasteiger partial charge on any atom is 0.330 e. The van der Waals surface area contributed by atoms with Crippen molar-refractivity contribution < 1.29 is 24.5 Å². The van der Waals surface area contributed by atoms with Crippen molar-refractivity contribution in [3.63, 3.8) is 0 Å². The van der Waals surface area contributed by atoms with Crippen molar-refractivity contribution in [3.05, 3.63) is 48.1 Å². The number of aromatic hydroxyl groups is 1. The number of hydrogen-bond donors (Lipinski definition) is 2. The fourth-order valence-corrected chi connectivity index (χ4v) is 6.67. The van der Waals surface area contributed by atoms with Gasteiger partial charge in [0.25, 0.3) is 0 Å². The van der Waals surface area contributed by atoms with E-state index in [4.69, 9.17) is 9.84 Å². The van der Waals surface area contributed by atoms with Gasteiger partial charge in [0.1, 0.15) is 5.75 Å². The molecule has 0 spiro atoms. The zero-order valence-electron chi connectivity index (χ0n) is 20.9. The number of carbonyl (C=O) groups excluding carboxylic acids is 1. The SMILES string of the molecule is C=C1CC[C@@H]2[C@@](C)(COC(=O)/C=C/c3ccc(O)cc3)CCC[C@@]2(C)[C@@H]1CC[C@H](C)CC(=O)O. The maximum atomic E-state index is 12.5. The van der Waals surface area contributed by atoms with Crippen LogP contribution in [0.4, 0.5) is 0 Å². The first-order chi connectivity index (χ1) is 16.0. The van der Waals surface area contributed by atoms with Crippen molar-refractivity contribution >= 4 is 18.0 Å². The zero-order chi connectivity index (χ0) is 24.9. The van der Waals surface area contributed by atoms with Crippen LogP contribution >= 0.6 is 0 Å². The molecule has 1 aromatic carbocycles. The summed E-state index contributed by atoms with van der Waals surface area (Å²) in [5, 5.41) is 18.5. The van der Waals surface area contributed by atoms with Crippen LogP contribution in [0.1, 0.15) is 77.7 Å². The molecule has 0 saturated heterocycles. The molecule has 0 aliphatic heterocycles. The molecule has 0 radical (unpaired) electrons. The molecule has 0 amide bonds. The molecule has 0 heterocycles. The third-order valence-electron chi connectivity index (χ3n) is 8.46. The summed E-state index contributed by atoms with van der Waals surface area (Å²) in [5.74, 6) is 0.0925. The molecule has 2 N–H and O–H groups in total. The van der Waals surface area contributed by atoms with E-state index in [2.05, 4.69) is 20.4 Å². The first-order valence-corrected chi connectivity index (χ1v) is 12.6. The van der Waals surface area contributed by atoms with Crippen molar-refractivity contribution in [2.75, 3.05) is 6.61 Å². The van der Waals surface area contributed by atoms with Gasteiger partial charge in [-0.05, 0) is 85.5 Å². The van der Waals surface area contributed by atoms with Gasteiger partial charge in [-0.15, -0.1) is 0 Å². The number of carboxylic acids is 1. The standard InChI is InChI=1S/C29H40O5/c1-20(18-26(31)32)6-13-24-21(2)7-14-25-28(3,16-5-17-29(24,25)4)19-34-27(33)15-10-22-8-11-23(30)12-9-22/h8-12,15,20,24-25,30H,2,5-7,13-14,16-19H2,1,3-4H3,(H,31,32)/b15-10+/t20-,24+,25+,28+,29-/m0/s1. The molecule has 2 fully saturated rings. The predicted octanol–water partition coefficient (Wildman–Crippen LogP) is 6.62. The molecule has 2 aliphatic carbocycles. The molecule has 0 unspecified atom stereocenters. The van der Waals surface area contributed by atoms with Gasteiger partial charge in [0.2, 0.25) is 0 Å². The van der Waals surface area contributed by atoms with E-state index in [9.17, 15) is 14.7 Å². The number of esters is 1. The van der Waals surface area contributed by atoms with Gasteiger partial charge in [0.05, 0.1) is 6.61 Å². The van der Waals surface area contributed by atoms with Crippen LogP contribution in [0, 0.1) is 28.6 Å². The Hall–Kier alpha value is -2.56. The first-order valence-electron chi connectivity index (χ1n) is 12.6. The van der Waals surface area contributed by atoms with E-state index in [-0.39, 0.29) is 34.9 Å². The minimum absolute atomic E-state index is 0.0827. The van der Waals surface area contributed by atoms with Crippen molar-refractivity contribution in [2.45, 2.75) is 72.1 Å². The molecule has 5 heteroatoms. The number of ether oxygens (including phenoxy) is 1. The molecule has 3 rings (SSSR count). The van der Waals surface area contributed by atoms with E-state index in [1.165, 1.54) is 11.6 Å². The number of carboxylic acid groups (broad SMARTS) is 1. The summed E-state index contributed by atoms with van der Waals surface area (Å²) < 4.78 is 5.77. The molecule has 0 bridgehead atoms. The molecular weight excluding hydrogens is 428 g/mol. The Morgan fingerprint density at radius 2 is 1.94 bits per heavy atom. The first kappa shape index (κ1) is 26.1. The molecule has 5 atom stereocenters. The fourth-order valence-electron chi connectivity index (χ4n) is 6.67. The Morgan fingerprint density at radius 1 is 1.24 bits per heavy atom. The van der Waals surface area contributed by atoms with Crippen molar-refractivity contribution in [3.8, 4) is 5.75 Å². The van der Waals surface area contributed by atoms with E-state index < -0.39 is 5.97 Å². The van der Waals surface area contributed by atoms with Crippen LogP contribution in [0.3, 0.4) is 0 Å². The van der Waals surface area contributed by atoms with E-state index in [1.807, 2.05) is 6.92 Å². The second-order valence-electron chi connectivity index (χ2n) is 11.1. The van der Waals surface area contributed by atoms with Crippen LogP contribution in [-0.2, 0) is 14.3 Å². The fraction of sp³-hybridized carbons (Fsp3) is 0.586. The van der Waals surface area contributed by atoms with Crippen LogP contribution in [0.2, 0.25) is 0 Å². The van der Waals surface area contributed by atoms with Crippen LogP contribution in [0.25, 0.3) is 6.08 Å². The van der Waals surface area contributed by atoms with Crippen molar-refractivity contribution in [1.82, 2.24) is 0 Å². The Balaban J connectivity index is 1.65. The highest BCUT2D eigenvalue weighted by atomic mass is 16.5. The van der Waals surface area contributed by atoms with Crippen LogP contribution in [0.5, 0.6) is 5.75 Å². The quantitative estimate of drug-likeness (QED) is 0.242. The Labute approximate surface area is 203 Å². The van der Waals surface area contributed by atoms with Crippen molar-refractivity contribution in [1.29, 1.82) is 0 Å². The molecule has 5 nitrogen and oxygen atoms in total.